The average Bonchev–Trinajstić information content (AvgIpc) is 3.80. The Morgan fingerprint density at radius 2 is 1.54 bits per heavy atom. The zero-order chi connectivity index (χ0) is 34.3. The molecule has 7 rings (SSSR count). The lowest BCUT2D eigenvalue weighted by Crippen LogP contribution is -2.44. The van der Waals surface area contributed by atoms with Crippen LogP contribution < -0.4 is 18.9 Å². The summed E-state index contributed by atoms with van der Waals surface area (Å²) in [6, 6.07) is 32.4. The summed E-state index contributed by atoms with van der Waals surface area (Å²) in [4.78, 5) is 6.05. The van der Waals surface area contributed by atoms with Crippen LogP contribution in [0.25, 0.3) is 20.5 Å². The summed E-state index contributed by atoms with van der Waals surface area (Å²) < 4.78 is 26.2. The van der Waals surface area contributed by atoms with Gasteiger partial charge in [0.25, 0.3) is 0 Å². The number of benzene rings is 4. The third kappa shape index (κ3) is 8.28. The van der Waals surface area contributed by atoms with Crippen molar-refractivity contribution in [1.82, 2.24) is 9.80 Å². The summed E-state index contributed by atoms with van der Waals surface area (Å²) in [6.45, 7) is 4.63. The molecule has 1 aliphatic carbocycles. The Labute approximate surface area is 301 Å². The van der Waals surface area contributed by atoms with Crippen LogP contribution in [-0.2, 0) is 13.0 Å². The van der Waals surface area contributed by atoms with Gasteiger partial charge in [0.15, 0.2) is 11.5 Å². The summed E-state index contributed by atoms with van der Waals surface area (Å²) in [5, 5.41) is 1.25. The number of likely N-dealkylation sites (N-methyl/N-ethyl adjacent to an activating group) is 1. The molecule has 0 amide bonds. The van der Waals surface area contributed by atoms with Crippen molar-refractivity contribution in [3.63, 3.8) is 0 Å². The highest BCUT2D eigenvalue weighted by molar-refractivity contribution is 7.22. The van der Waals surface area contributed by atoms with Gasteiger partial charge in [-0.2, -0.15) is 0 Å². The standard InChI is InChI=1S/C43H50N2O4S/c1-44(2)38-13-7-8-14-39(38)49-40-22-15-32(28-41(40)46-3)27-37-36-21-20-35(48-30-31-11-5-4-6-12-31)29-42(36)50-43(37)33-16-18-34(19-17-33)47-26-25-45-23-9-10-24-45/h4-6,11-12,15-22,28-29,38-39H,7-10,13-14,23-27,30H2,1-3H3/t38-,39-/m0/s1. The molecule has 2 atom stereocenters. The minimum Gasteiger partial charge on any atom is -0.493 e. The molecule has 1 aliphatic heterocycles. The van der Waals surface area contributed by atoms with Gasteiger partial charge in [0.1, 0.15) is 30.8 Å². The smallest absolute Gasteiger partial charge is 0.161 e. The Bertz CT molecular complexity index is 1830. The van der Waals surface area contributed by atoms with Crippen molar-refractivity contribution in [2.24, 2.45) is 0 Å². The lowest BCUT2D eigenvalue weighted by atomic mass is 9.91. The van der Waals surface area contributed by atoms with Crippen LogP contribution in [0.2, 0.25) is 0 Å². The predicted octanol–water partition coefficient (Wildman–Crippen LogP) is 9.47. The first-order chi connectivity index (χ1) is 24.5. The van der Waals surface area contributed by atoms with E-state index in [9.17, 15) is 0 Å². The van der Waals surface area contributed by atoms with Crippen molar-refractivity contribution in [2.45, 2.75) is 63.7 Å². The zero-order valence-corrected chi connectivity index (χ0v) is 30.6. The monoisotopic (exact) mass is 690 g/mol. The number of fused-ring (bicyclic) bond motifs is 1. The topological polar surface area (TPSA) is 43.4 Å². The van der Waals surface area contributed by atoms with Gasteiger partial charge in [0, 0.05) is 22.2 Å². The number of nitrogens with zero attached hydrogens (tertiary/aromatic N) is 2. The van der Waals surface area contributed by atoms with Gasteiger partial charge in [-0.3, -0.25) is 4.90 Å². The third-order valence-corrected chi connectivity index (χ3v) is 11.5. The molecule has 1 saturated carbocycles. The molecule has 0 N–H and O–H groups in total. The maximum absolute atomic E-state index is 6.65. The van der Waals surface area contributed by atoms with Crippen LogP contribution in [0, 0.1) is 0 Å². The number of rotatable bonds is 14. The summed E-state index contributed by atoms with van der Waals surface area (Å²) in [7, 11) is 6.06. The molecule has 6 nitrogen and oxygen atoms in total. The Balaban J connectivity index is 1.15. The highest BCUT2D eigenvalue weighted by Gasteiger charge is 2.29. The number of hydrogen-bond acceptors (Lipinski definition) is 7. The van der Waals surface area contributed by atoms with E-state index < -0.39 is 0 Å². The van der Waals surface area contributed by atoms with E-state index in [1.165, 1.54) is 70.4 Å². The molecule has 1 saturated heterocycles. The molecule has 5 aromatic rings. The fraction of sp³-hybridized carbons (Fsp3) is 0.395. The first kappa shape index (κ1) is 34.4. The molecule has 2 aliphatic rings. The minimum absolute atomic E-state index is 0.163. The molecule has 0 bridgehead atoms. The highest BCUT2D eigenvalue weighted by Crippen LogP contribution is 2.43. The molecule has 0 unspecified atom stereocenters. The fourth-order valence-electron chi connectivity index (χ4n) is 7.46. The minimum atomic E-state index is 0.163. The largest absolute Gasteiger partial charge is 0.493 e. The van der Waals surface area contributed by atoms with Crippen LogP contribution in [0.4, 0.5) is 0 Å². The summed E-state index contributed by atoms with van der Waals surface area (Å²) in [6.07, 6.45) is 8.22. The fourth-order valence-corrected chi connectivity index (χ4v) is 8.72. The van der Waals surface area contributed by atoms with Gasteiger partial charge >= 0.3 is 0 Å². The second-order valence-electron chi connectivity index (χ2n) is 13.9. The molecule has 4 aromatic carbocycles. The van der Waals surface area contributed by atoms with Crippen LogP contribution >= 0.6 is 11.3 Å². The summed E-state index contributed by atoms with van der Waals surface area (Å²) in [5.74, 6) is 3.41. The Kier molecular flexibility index (Phi) is 11.2. The molecule has 2 heterocycles. The first-order valence-corrected chi connectivity index (χ1v) is 19.0. The second kappa shape index (κ2) is 16.3. The van der Waals surface area contributed by atoms with E-state index >= 15 is 0 Å². The van der Waals surface area contributed by atoms with Gasteiger partial charge < -0.3 is 23.8 Å². The van der Waals surface area contributed by atoms with Crippen LogP contribution in [0.15, 0.2) is 91.0 Å². The van der Waals surface area contributed by atoms with Crippen LogP contribution in [0.5, 0.6) is 23.0 Å². The molecule has 0 radical (unpaired) electrons. The summed E-state index contributed by atoms with van der Waals surface area (Å²) in [5.41, 5.74) is 4.84. The Hall–Kier alpha value is -4.04. The van der Waals surface area contributed by atoms with E-state index in [4.69, 9.17) is 18.9 Å². The van der Waals surface area contributed by atoms with E-state index in [2.05, 4.69) is 96.7 Å². The highest BCUT2D eigenvalue weighted by atomic mass is 32.1. The predicted molar refractivity (Wildman–Crippen MR) is 205 cm³/mol. The molecule has 2 fully saturated rings. The maximum atomic E-state index is 6.65. The molecule has 262 valence electrons. The van der Waals surface area contributed by atoms with Crippen molar-refractivity contribution >= 4 is 21.4 Å². The molecule has 0 spiro atoms. The quantitative estimate of drug-likeness (QED) is 0.116. The normalized spacial score (nSPS) is 18.1. The van der Waals surface area contributed by atoms with Crippen molar-refractivity contribution in [1.29, 1.82) is 0 Å². The molecule has 1 aromatic heterocycles. The maximum Gasteiger partial charge on any atom is 0.161 e. The Morgan fingerprint density at radius 3 is 2.32 bits per heavy atom. The van der Waals surface area contributed by atoms with E-state index in [0.29, 0.717) is 12.6 Å². The van der Waals surface area contributed by atoms with Crippen molar-refractivity contribution in [2.75, 3.05) is 47.4 Å². The van der Waals surface area contributed by atoms with Crippen molar-refractivity contribution in [3.8, 4) is 33.4 Å². The van der Waals surface area contributed by atoms with Gasteiger partial charge in [-0.1, -0.05) is 42.8 Å². The molecule has 50 heavy (non-hydrogen) atoms. The van der Waals surface area contributed by atoms with Gasteiger partial charge in [-0.05, 0) is 148 Å². The first-order valence-electron chi connectivity index (χ1n) is 18.2. The SMILES string of the molecule is COc1cc(Cc2c(-c3ccc(OCCN4CCCC4)cc3)sc3cc(OCc4ccccc4)ccc23)ccc1O[C@H]1CCCC[C@@H]1N(C)C. The number of thiophene rings is 1. The number of likely N-dealkylation sites (tertiary alicyclic amines) is 1. The molecule has 7 heteroatoms. The van der Waals surface area contributed by atoms with E-state index in [1.54, 1.807) is 7.11 Å². The van der Waals surface area contributed by atoms with Crippen molar-refractivity contribution < 1.29 is 18.9 Å². The van der Waals surface area contributed by atoms with Gasteiger partial charge in [-0.25, -0.2) is 0 Å². The van der Waals surface area contributed by atoms with Crippen LogP contribution in [0.1, 0.15) is 55.2 Å². The zero-order valence-electron chi connectivity index (χ0n) is 29.7. The number of ether oxygens (including phenoxy) is 4. The average molecular weight is 691 g/mol. The van der Waals surface area contributed by atoms with Gasteiger partial charge in [-0.15, -0.1) is 11.3 Å². The van der Waals surface area contributed by atoms with Crippen LogP contribution in [0.3, 0.4) is 0 Å². The van der Waals surface area contributed by atoms with E-state index in [-0.39, 0.29) is 6.10 Å². The van der Waals surface area contributed by atoms with Crippen LogP contribution in [-0.4, -0.2) is 69.4 Å². The molecular formula is C43H50N2O4S. The second-order valence-corrected chi connectivity index (χ2v) is 14.9. The Morgan fingerprint density at radius 1 is 0.760 bits per heavy atom. The lowest BCUT2D eigenvalue weighted by Gasteiger charge is -2.36. The summed E-state index contributed by atoms with van der Waals surface area (Å²) >= 11 is 1.82. The number of hydrogen-bond donors (Lipinski definition) is 0. The van der Waals surface area contributed by atoms with Gasteiger partial charge in [0.2, 0.25) is 0 Å². The third-order valence-electron chi connectivity index (χ3n) is 10.2. The van der Waals surface area contributed by atoms with Crippen molar-refractivity contribution in [3.05, 3.63) is 108 Å². The van der Waals surface area contributed by atoms with E-state index in [1.807, 2.05) is 29.5 Å². The number of methoxy groups -OCH3 is 1. The lowest BCUT2D eigenvalue weighted by molar-refractivity contribution is 0.0601. The molecular weight excluding hydrogens is 641 g/mol. The van der Waals surface area contributed by atoms with Gasteiger partial charge in [0.05, 0.1) is 7.11 Å². The van der Waals surface area contributed by atoms with E-state index in [0.717, 1.165) is 61.0 Å².